The second-order valence-electron chi connectivity index (χ2n) is 5.17. The summed E-state index contributed by atoms with van der Waals surface area (Å²) in [5, 5.41) is 9.14. The maximum Gasteiger partial charge on any atom is 0.221 e. The number of amides is 1. The highest BCUT2D eigenvalue weighted by Gasteiger charge is 2.01. The first-order valence-corrected chi connectivity index (χ1v) is 8.19. The standard InChI is InChI=1S/C17H27FN4O.HI/c1-3-10-20-16(23)9-12-22-17(19-4-2)21-11-8-14-6-5-7-15(18)13-14;/h5-7,13H,3-4,8-12H2,1-2H3,(H,20,23)(H2,19,21,22);1H. The zero-order valence-electron chi connectivity index (χ0n) is 14.4. The Morgan fingerprint density at radius 2 is 1.96 bits per heavy atom. The number of guanidine groups is 1. The maximum atomic E-state index is 13.1. The molecule has 0 saturated carbocycles. The van der Waals surface area contributed by atoms with Gasteiger partial charge in [0, 0.05) is 26.1 Å². The molecular formula is C17H28FIN4O. The van der Waals surface area contributed by atoms with Gasteiger partial charge in [-0.3, -0.25) is 9.79 Å². The first kappa shape index (κ1) is 22.6. The fraction of sp³-hybridized carbons (Fsp3) is 0.529. The highest BCUT2D eigenvalue weighted by Crippen LogP contribution is 2.03. The monoisotopic (exact) mass is 450 g/mol. The van der Waals surface area contributed by atoms with Crippen molar-refractivity contribution in [2.24, 2.45) is 4.99 Å². The van der Waals surface area contributed by atoms with Gasteiger partial charge in [0.25, 0.3) is 0 Å². The minimum atomic E-state index is -0.221. The van der Waals surface area contributed by atoms with Crippen molar-refractivity contribution < 1.29 is 9.18 Å². The van der Waals surface area contributed by atoms with Crippen molar-refractivity contribution in [2.75, 3.05) is 26.2 Å². The fourth-order valence-corrected chi connectivity index (χ4v) is 1.98. The van der Waals surface area contributed by atoms with Gasteiger partial charge in [-0.15, -0.1) is 24.0 Å². The molecule has 0 aliphatic carbocycles. The molecule has 0 heterocycles. The van der Waals surface area contributed by atoms with E-state index in [1.54, 1.807) is 6.07 Å². The van der Waals surface area contributed by atoms with Gasteiger partial charge in [0.15, 0.2) is 5.96 Å². The minimum Gasteiger partial charge on any atom is -0.357 e. The molecule has 136 valence electrons. The van der Waals surface area contributed by atoms with Gasteiger partial charge < -0.3 is 16.0 Å². The van der Waals surface area contributed by atoms with Crippen LogP contribution in [0.5, 0.6) is 0 Å². The number of carbonyl (C=O) groups is 1. The predicted octanol–water partition coefficient (Wildman–Crippen LogP) is 2.46. The van der Waals surface area contributed by atoms with Crippen LogP contribution in [0.1, 0.15) is 32.3 Å². The Hall–Kier alpha value is -1.38. The summed E-state index contributed by atoms with van der Waals surface area (Å²) in [4.78, 5) is 15.9. The van der Waals surface area contributed by atoms with Crippen LogP contribution in [0, 0.1) is 5.82 Å². The Labute approximate surface area is 160 Å². The van der Waals surface area contributed by atoms with Crippen LogP contribution >= 0.6 is 24.0 Å². The normalized spacial score (nSPS) is 10.7. The van der Waals surface area contributed by atoms with Crippen LogP contribution in [0.2, 0.25) is 0 Å². The molecule has 0 saturated heterocycles. The van der Waals surface area contributed by atoms with Crippen LogP contribution in [0.15, 0.2) is 29.3 Å². The van der Waals surface area contributed by atoms with Crippen molar-refractivity contribution in [3.8, 4) is 0 Å². The number of aliphatic imine (C=N–C) groups is 1. The van der Waals surface area contributed by atoms with Crippen molar-refractivity contribution >= 4 is 35.8 Å². The van der Waals surface area contributed by atoms with Crippen LogP contribution in [-0.4, -0.2) is 38.0 Å². The van der Waals surface area contributed by atoms with Crippen molar-refractivity contribution in [2.45, 2.75) is 33.1 Å². The smallest absolute Gasteiger partial charge is 0.221 e. The molecule has 0 spiro atoms. The third-order valence-electron chi connectivity index (χ3n) is 3.12. The molecular weight excluding hydrogens is 422 g/mol. The predicted molar refractivity (Wildman–Crippen MR) is 107 cm³/mol. The molecule has 5 nitrogen and oxygen atoms in total. The molecule has 1 rings (SSSR count). The van der Waals surface area contributed by atoms with E-state index < -0.39 is 0 Å². The van der Waals surface area contributed by atoms with Crippen molar-refractivity contribution in [3.05, 3.63) is 35.6 Å². The molecule has 0 aliphatic rings. The van der Waals surface area contributed by atoms with E-state index in [0.29, 0.717) is 38.4 Å². The summed E-state index contributed by atoms with van der Waals surface area (Å²) in [5.74, 6) is 0.472. The summed E-state index contributed by atoms with van der Waals surface area (Å²) in [6, 6.07) is 6.57. The van der Waals surface area contributed by atoms with E-state index in [4.69, 9.17) is 0 Å². The van der Waals surface area contributed by atoms with Crippen LogP contribution in [0.4, 0.5) is 4.39 Å². The number of hydrogen-bond acceptors (Lipinski definition) is 2. The van der Waals surface area contributed by atoms with E-state index in [0.717, 1.165) is 18.5 Å². The zero-order chi connectivity index (χ0) is 16.9. The molecule has 0 aromatic heterocycles. The molecule has 0 aliphatic heterocycles. The summed E-state index contributed by atoms with van der Waals surface area (Å²) in [7, 11) is 0. The fourth-order valence-electron chi connectivity index (χ4n) is 1.98. The molecule has 7 heteroatoms. The number of benzene rings is 1. The summed E-state index contributed by atoms with van der Waals surface area (Å²) in [6.45, 7) is 6.53. The average Bonchev–Trinajstić information content (AvgIpc) is 2.53. The second-order valence-corrected chi connectivity index (χ2v) is 5.17. The van der Waals surface area contributed by atoms with E-state index in [1.165, 1.54) is 12.1 Å². The Morgan fingerprint density at radius 1 is 1.17 bits per heavy atom. The Balaban J connectivity index is 0.00000529. The van der Waals surface area contributed by atoms with Gasteiger partial charge in [-0.25, -0.2) is 4.39 Å². The molecule has 0 radical (unpaired) electrons. The number of halogens is 2. The van der Waals surface area contributed by atoms with Gasteiger partial charge in [-0.1, -0.05) is 19.1 Å². The van der Waals surface area contributed by atoms with E-state index in [-0.39, 0.29) is 35.7 Å². The number of hydrogen-bond donors (Lipinski definition) is 3. The second kappa shape index (κ2) is 14.0. The lowest BCUT2D eigenvalue weighted by Gasteiger charge is -2.11. The highest BCUT2D eigenvalue weighted by atomic mass is 127. The molecule has 0 fully saturated rings. The molecule has 1 amide bonds. The lowest BCUT2D eigenvalue weighted by atomic mass is 10.1. The number of nitrogens with zero attached hydrogens (tertiary/aromatic N) is 1. The number of nitrogens with one attached hydrogen (secondary N) is 3. The largest absolute Gasteiger partial charge is 0.357 e. The van der Waals surface area contributed by atoms with E-state index in [9.17, 15) is 9.18 Å². The lowest BCUT2D eigenvalue weighted by Crippen LogP contribution is -2.38. The van der Waals surface area contributed by atoms with Crippen molar-refractivity contribution in [1.82, 2.24) is 16.0 Å². The Morgan fingerprint density at radius 3 is 2.62 bits per heavy atom. The summed E-state index contributed by atoms with van der Waals surface area (Å²) >= 11 is 0. The zero-order valence-corrected chi connectivity index (χ0v) is 16.7. The van der Waals surface area contributed by atoms with Crippen LogP contribution in [0.25, 0.3) is 0 Å². The minimum absolute atomic E-state index is 0. The van der Waals surface area contributed by atoms with Crippen LogP contribution < -0.4 is 16.0 Å². The van der Waals surface area contributed by atoms with Gasteiger partial charge >= 0.3 is 0 Å². The molecule has 0 atom stereocenters. The third kappa shape index (κ3) is 10.4. The Bertz CT molecular complexity index is 511. The van der Waals surface area contributed by atoms with Crippen LogP contribution in [0.3, 0.4) is 0 Å². The van der Waals surface area contributed by atoms with Gasteiger partial charge in [0.1, 0.15) is 5.82 Å². The van der Waals surface area contributed by atoms with E-state index >= 15 is 0 Å². The molecule has 24 heavy (non-hydrogen) atoms. The molecule has 1 aromatic carbocycles. The summed E-state index contributed by atoms with van der Waals surface area (Å²) in [5.41, 5.74) is 0.937. The highest BCUT2D eigenvalue weighted by molar-refractivity contribution is 14.0. The Kier molecular flexibility index (Phi) is 13.2. The lowest BCUT2D eigenvalue weighted by molar-refractivity contribution is -0.120. The van der Waals surface area contributed by atoms with E-state index in [2.05, 4.69) is 20.9 Å². The van der Waals surface area contributed by atoms with Gasteiger partial charge in [-0.2, -0.15) is 0 Å². The molecule has 0 bridgehead atoms. The SMILES string of the molecule is CCCNC(=O)CCN=C(NCC)NCCc1cccc(F)c1.I. The molecule has 3 N–H and O–H groups in total. The van der Waals surface area contributed by atoms with Crippen LogP contribution in [-0.2, 0) is 11.2 Å². The van der Waals surface area contributed by atoms with Crippen molar-refractivity contribution in [3.63, 3.8) is 0 Å². The molecule has 0 unspecified atom stereocenters. The topological polar surface area (TPSA) is 65.5 Å². The summed E-state index contributed by atoms with van der Waals surface area (Å²) in [6.07, 6.45) is 2.01. The third-order valence-corrected chi connectivity index (χ3v) is 3.12. The molecule has 1 aromatic rings. The first-order chi connectivity index (χ1) is 11.2. The van der Waals surface area contributed by atoms with Crippen molar-refractivity contribution in [1.29, 1.82) is 0 Å². The average molecular weight is 450 g/mol. The number of rotatable bonds is 9. The maximum absolute atomic E-state index is 13.1. The number of carbonyl (C=O) groups excluding carboxylic acids is 1. The summed E-state index contributed by atoms with van der Waals surface area (Å²) < 4.78 is 13.1. The quantitative estimate of drug-likeness (QED) is 0.308. The van der Waals surface area contributed by atoms with Gasteiger partial charge in [0.05, 0.1) is 6.54 Å². The van der Waals surface area contributed by atoms with E-state index in [1.807, 2.05) is 19.9 Å². The van der Waals surface area contributed by atoms with Gasteiger partial charge in [-0.05, 0) is 37.5 Å². The first-order valence-electron chi connectivity index (χ1n) is 8.19. The van der Waals surface area contributed by atoms with Gasteiger partial charge in [0.2, 0.25) is 5.91 Å².